The molecule has 6 rings (SSSR count). The van der Waals surface area contributed by atoms with Crippen molar-refractivity contribution in [2.24, 2.45) is 20.0 Å². The van der Waals surface area contributed by atoms with Gasteiger partial charge in [0.1, 0.15) is 0 Å². The molecule has 0 spiro atoms. The van der Waals surface area contributed by atoms with E-state index in [1.165, 1.54) is 0 Å². The number of phosphoric ester groups is 2. The minimum absolute atomic E-state index is 0. The number of fused-ring (bicyclic) bond motifs is 4. The molecule has 4 aliphatic rings. The number of nitrogens with zero attached hydrogens (tertiary/aromatic N) is 6. The number of H-pyrrole nitrogens is 2. The van der Waals surface area contributed by atoms with E-state index in [0.29, 0.717) is 0 Å². The van der Waals surface area contributed by atoms with Crippen molar-refractivity contribution in [2.45, 2.75) is 36.7 Å². The monoisotopic (exact) mass is 1020 g/mol. The molecule has 0 saturated carbocycles. The Morgan fingerprint density at radius 3 is 1.35 bits per heavy atom. The average Bonchev–Trinajstić information content (AvgIpc) is 2.97. The molecule has 0 saturated heterocycles. The van der Waals surface area contributed by atoms with Gasteiger partial charge in [-0.25, -0.2) is 9.98 Å². The molecular formula is C20H20MgN10O14P2S4W-6. The van der Waals surface area contributed by atoms with Gasteiger partial charge < -0.3 is 111 Å². The number of nitrogen functional groups attached to an aromatic ring is 2. The Balaban J connectivity index is 0.000000483. The zero-order valence-corrected chi connectivity index (χ0v) is 34.6. The van der Waals surface area contributed by atoms with Gasteiger partial charge in [0, 0.05) is 21.1 Å². The number of hydrogen-bond acceptors (Lipinski definition) is 24. The van der Waals surface area contributed by atoms with E-state index in [4.69, 9.17) is 81.2 Å². The van der Waals surface area contributed by atoms with Crippen LogP contribution in [-0.4, -0.2) is 114 Å². The Bertz CT molecular complexity index is 2060. The van der Waals surface area contributed by atoms with E-state index >= 15 is 0 Å². The van der Waals surface area contributed by atoms with E-state index in [0.717, 1.165) is 0 Å². The normalized spacial score (nSPS) is 26.0. The molecule has 0 bridgehead atoms. The Morgan fingerprint density at radius 1 is 0.712 bits per heavy atom. The maximum absolute atomic E-state index is 11.9. The molecule has 10 N–H and O–H groups in total. The molecule has 2 aromatic rings. The molecule has 0 radical (unpaired) electrons. The third kappa shape index (κ3) is 11.2. The first-order valence-electron chi connectivity index (χ1n) is 12.8. The molecule has 4 aliphatic heterocycles. The standard InChI is InChI=1S/2C10H12N5O6PS2.Mg.2H2O.W/c2*11-10-14-7-4(8(16)15-10)12-3-6(24)5(23)2(21-9(3)13-7)1-20-22(17,18)19;;;;/h2*2-3,9,23-24H,1H2,(H2,17,18,19)(H3,11,13,14,15,16);;2*1H2;/q;;+2;;;/p-8/t2*2-,3+,9-;;;;/m11..../s1. The first-order valence-corrected chi connectivity index (χ1v) is 17.4. The van der Waals surface area contributed by atoms with Crippen molar-refractivity contribution in [3.05, 3.63) is 62.0 Å². The second-order valence-electron chi connectivity index (χ2n) is 9.67. The molecule has 0 amide bonds. The number of hydrogen-bond donors (Lipinski definition) is 6. The van der Waals surface area contributed by atoms with E-state index in [1.54, 1.807) is 0 Å². The first kappa shape index (κ1) is 48.5. The number of nitrogens with two attached hydrogens (primary N) is 2. The number of nitrogens with one attached hydrogen (secondary N) is 2. The third-order valence-corrected chi connectivity index (χ3v) is 9.46. The largest absolute Gasteiger partial charge is 2.00 e. The average molecular weight is 1020 g/mol. The zero-order valence-electron chi connectivity index (χ0n) is 25.2. The Morgan fingerprint density at radius 2 is 1.04 bits per heavy atom. The molecule has 8 atom stereocenters. The summed E-state index contributed by atoms with van der Waals surface area (Å²) >= 11 is 20.7. The van der Waals surface area contributed by atoms with Crippen LogP contribution in [0.15, 0.2) is 49.2 Å². The van der Waals surface area contributed by atoms with E-state index < -0.39 is 76.7 Å². The van der Waals surface area contributed by atoms with Crippen molar-refractivity contribution in [1.29, 1.82) is 0 Å². The number of ether oxygens (including phenoxy) is 2. The summed E-state index contributed by atoms with van der Waals surface area (Å²) in [5.41, 5.74) is 9.71. The fraction of sp³-hybridized carbons (Fsp3) is 0.400. The second-order valence-corrected chi connectivity index (χ2v) is 13.8. The van der Waals surface area contributed by atoms with E-state index in [1.807, 2.05) is 0 Å². The van der Waals surface area contributed by atoms with Crippen LogP contribution in [0.5, 0.6) is 0 Å². The van der Waals surface area contributed by atoms with Gasteiger partial charge in [-0.15, -0.1) is 0 Å². The molecule has 2 aromatic heterocycles. The molecule has 6 heterocycles. The van der Waals surface area contributed by atoms with Gasteiger partial charge in [0.15, 0.2) is 34.1 Å². The van der Waals surface area contributed by atoms with Crippen LogP contribution in [0.1, 0.15) is 0 Å². The second kappa shape index (κ2) is 18.9. The summed E-state index contributed by atoms with van der Waals surface area (Å²) in [6, 6.07) is -1.65. The third-order valence-electron chi connectivity index (χ3n) is 6.36. The van der Waals surface area contributed by atoms with Crippen LogP contribution in [0.4, 0.5) is 11.9 Å². The summed E-state index contributed by atoms with van der Waals surface area (Å²) < 4.78 is 41.1. The molecule has 0 aliphatic carbocycles. The molecule has 0 aromatic carbocycles. The van der Waals surface area contributed by atoms with Crippen molar-refractivity contribution in [3.63, 3.8) is 0 Å². The molecule has 32 heteroatoms. The van der Waals surface area contributed by atoms with Crippen LogP contribution in [0.25, 0.3) is 0 Å². The predicted molar refractivity (Wildman–Crippen MR) is 173 cm³/mol. The fourth-order valence-corrected chi connectivity index (χ4v) is 6.09. The molecule has 52 heavy (non-hydrogen) atoms. The van der Waals surface area contributed by atoms with Crippen LogP contribution in [-0.2, 0) is 99.2 Å². The van der Waals surface area contributed by atoms with Crippen LogP contribution < -0.4 is 54.1 Å². The minimum Gasteiger partial charge on any atom is -0.870 e. The predicted octanol–water partition coefficient (Wildman–Crippen LogP) is -7.77. The van der Waals surface area contributed by atoms with Crippen LogP contribution in [0.2, 0.25) is 0 Å². The van der Waals surface area contributed by atoms with Crippen molar-refractivity contribution in [1.82, 2.24) is 19.9 Å². The first-order chi connectivity index (χ1) is 22.3. The topological polar surface area (TPSA) is 411 Å². The smallest absolute Gasteiger partial charge is 0.870 e. The molecular weight excluding hydrogens is 1000 g/mol. The number of aromatic amines is 2. The summed E-state index contributed by atoms with van der Waals surface area (Å²) in [5, 5.41) is -0.0957. The van der Waals surface area contributed by atoms with Crippen LogP contribution >= 0.6 is 15.6 Å². The summed E-state index contributed by atoms with van der Waals surface area (Å²) in [6.45, 7) is -1.13. The molecule has 24 nitrogen and oxygen atoms in total. The summed E-state index contributed by atoms with van der Waals surface area (Å²) in [7, 11) is -9.89. The number of phosphoric acid groups is 2. The van der Waals surface area contributed by atoms with Gasteiger partial charge >= 0.3 is 23.1 Å². The van der Waals surface area contributed by atoms with Crippen LogP contribution in [0.3, 0.4) is 0 Å². The van der Waals surface area contributed by atoms with Gasteiger partial charge in [-0.3, -0.25) is 38.7 Å². The quantitative estimate of drug-likeness (QED) is 0.0889. The Labute approximate surface area is 341 Å². The molecule has 0 fully saturated rings. The summed E-state index contributed by atoms with van der Waals surface area (Å²) in [5.74, 6) is -0.282. The molecule has 2 unspecified atom stereocenters. The van der Waals surface area contributed by atoms with Crippen molar-refractivity contribution < 1.29 is 79.2 Å². The molecule has 282 valence electrons. The van der Waals surface area contributed by atoms with Gasteiger partial charge in [-0.05, 0) is 0 Å². The Kier molecular flexibility index (Phi) is 17.6. The van der Waals surface area contributed by atoms with Gasteiger partial charge in [0.2, 0.25) is 11.9 Å². The Hall–Kier alpha value is -1.57. The van der Waals surface area contributed by atoms with Gasteiger partial charge in [-0.2, -0.15) is 29.6 Å². The number of rotatable bonds is 6. The van der Waals surface area contributed by atoms with E-state index in [9.17, 15) is 28.5 Å². The van der Waals surface area contributed by atoms with E-state index in [-0.39, 0.29) is 108 Å². The summed E-state index contributed by atoms with van der Waals surface area (Å²) in [6.07, 6.45) is -3.99. The van der Waals surface area contributed by atoms with Crippen molar-refractivity contribution in [3.8, 4) is 0 Å². The maximum Gasteiger partial charge on any atom is 2.00 e. The summed E-state index contributed by atoms with van der Waals surface area (Å²) in [4.78, 5) is 91.9. The van der Waals surface area contributed by atoms with Crippen molar-refractivity contribution >= 4 is 101 Å². The van der Waals surface area contributed by atoms with Gasteiger partial charge in [0.25, 0.3) is 26.8 Å². The fourth-order valence-electron chi connectivity index (χ4n) is 4.35. The number of anilines is 2. The van der Waals surface area contributed by atoms with Gasteiger partial charge in [0.05, 0.1) is 37.5 Å². The van der Waals surface area contributed by atoms with E-state index in [2.05, 4.69) is 49.0 Å². The van der Waals surface area contributed by atoms with Crippen molar-refractivity contribution in [2.75, 3.05) is 24.7 Å². The van der Waals surface area contributed by atoms with Gasteiger partial charge in [-0.1, -0.05) is 0 Å². The maximum atomic E-state index is 11.9. The van der Waals surface area contributed by atoms with Crippen LogP contribution in [0, 0.1) is 0 Å². The minimum atomic E-state index is -4.94. The number of aromatic nitrogens is 4. The zero-order chi connectivity index (χ0) is 35.3. The SMILES string of the molecule is Nc1nc2c(c(=O)[nH]1)=N[C@H]1C([S-])=C([S-])[C@@H](COP(=O)([O-])O)O[C@H]1N=2.Nc1nc2c(c(=O)[nH]1)=N[C@H]1C([S-])=C([S-])[C@@H](COP(=O)([O-])O)O[C@H]1N=2.[Mg+2].[OH-].[OH-].[W].